The SMILES string of the molecule is Fc1cc2oc1cc2F. The second-order valence-corrected chi connectivity index (χ2v) is 1.82. The first-order valence-corrected chi connectivity index (χ1v) is 2.44. The number of halogens is 2. The van der Waals surface area contributed by atoms with Crippen molar-refractivity contribution in [2.75, 3.05) is 0 Å². The van der Waals surface area contributed by atoms with Gasteiger partial charge in [-0.2, -0.15) is 0 Å². The first-order valence-electron chi connectivity index (χ1n) is 2.44. The van der Waals surface area contributed by atoms with Crippen LogP contribution in [-0.4, -0.2) is 0 Å². The number of hydrogen-bond donors (Lipinski definition) is 0. The third-order valence-corrected chi connectivity index (χ3v) is 1.21. The molecule has 0 amide bonds. The Balaban J connectivity index is 2.93. The van der Waals surface area contributed by atoms with Crippen molar-refractivity contribution < 1.29 is 13.2 Å². The lowest BCUT2D eigenvalue weighted by molar-refractivity contribution is 0.599. The van der Waals surface area contributed by atoms with E-state index < -0.39 is 11.6 Å². The van der Waals surface area contributed by atoms with E-state index in [1.807, 2.05) is 0 Å². The van der Waals surface area contributed by atoms with Crippen molar-refractivity contribution in [2.45, 2.75) is 0 Å². The maximum Gasteiger partial charge on any atom is 0.169 e. The fourth-order valence-electron chi connectivity index (χ4n) is 0.785. The monoisotopic (exact) mass is 128 g/mol. The van der Waals surface area contributed by atoms with Crippen LogP contribution in [0.1, 0.15) is 0 Å². The summed E-state index contributed by atoms with van der Waals surface area (Å²) < 4.78 is 29.1. The van der Waals surface area contributed by atoms with E-state index >= 15 is 0 Å². The van der Waals surface area contributed by atoms with Crippen molar-refractivity contribution in [3.05, 3.63) is 23.8 Å². The third-order valence-electron chi connectivity index (χ3n) is 1.21. The van der Waals surface area contributed by atoms with Crippen molar-refractivity contribution in [3.63, 3.8) is 0 Å². The Hall–Kier alpha value is -1.12. The van der Waals surface area contributed by atoms with Gasteiger partial charge in [-0.25, -0.2) is 8.78 Å². The summed E-state index contributed by atoms with van der Waals surface area (Å²) in [5, 5.41) is 0. The van der Waals surface area contributed by atoms with Crippen LogP contribution in [0.2, 0.25) is 0 Å². The average molecular weight is 128 g/mol. The molecular formula is C6H2F2O. The van der Waals surface area contributed by atoms with Crippen LogP contribution in [0.3, 0.4) is 0 Å². The van der Waals surface area contributed by atoms with E-state index in [2.05, 4.69) is 4.42 Å². The lowest BCUT2D eigenvalue weighted by atomic mass is 10.3. The van der Waals surface area contributed by atoms with Crippen LogP contribution < -0.4 is 0 Å². The van der Waals surface area contributed by atoms with Crippen molar-refractivity contribution in [3.8, 4) is 0 Å². The molecule has 2 rings (SSSR count). The van der Waals surface area contributed by atoms with Crippen molar-refractivity contribution >= 4 is 11.2 Å². The van der Waals surface area contributed by atoms with Crippen LogP contribution in [0, 0.1) is 11.6 Å². The highest BCUT2D eigenvalue weighted by Gasteiger charge is 2.11. The lowest BCUT2D eigenvalue weighted by Crippen LogP contribution is -1.69. The van der Waals surface area contributed by atoms with Crippen LogP contribution in [0.4, 0.5) is 8.78 Å². The summed E-state index contributed by atoms with van der Waals surface area (Å²) in [5.74, 6) is -0.988. The summed E-state index contributed by atoms with van der Waals surface area (Å²) >= 11 is 0. The molecule has 0 aliphatic rings. The predicted octanol–water partition coefficient (Wildman–Crippen LogP) is 2.15. The first-order chi connectivity index (χ1) is 4.27. The van der Waals surface area contributed by atoms with E-state index in [4.69, 9.17) is 0 Å². The Morgan fingerprint density at radius 3 is 1.67 bits per heavy atom. The molecule has 0 aliphatic heterocycles. The molecule has 3 heteroatoms. The maximum absolute atomic E-state index is 12.3. The molecule has 46 valence electrons. The van der Waals surface area contributed by atoms with E-state index in [-0.39, 0.29) is 11.2 Å². The van der Waals surface area contributed by atoms with Crippen LogP contribution in [0.15, 0.2) is 16.5 Å². The summed E-state index contributed by atoms with van der Waals surface area (Å²) in [4.78, 5) is 0. The van der Waals surface area contributed by atoms with Gasteiger partial charge >= 0.3 is 0 Å². The highest BCUT2D eigenvalue weighted by molar-refractivity contribution is 5.61. The first kappa shape index (κ1) is 4.73. The number of rotatable bonds is 0. The number of furan rings is 2. The molecular weight excluding hydrogens is 126 g/mol. The average Bonchev–Trinajstić information content (AvgIpc) is 2.24. The fourth-order valence-corrected chi connectivity index (χ4v) is 0.785. The Kier molecular flexibility index (Phi) is 0.649. The van der Waals surface area contributed by atoms with Crippen molar-refractivity contribution in [1.29, 1.82) is 0 Å². The van der Waals surface area contributed by atoms with Gasteiger partial charge < -0.3 is 4.42 Å². The van der Waals surface area contributed by atoms with Crippen LogP contribution in [0.5, 0.6) is 0 Å². The van der Waals surface area contributed by atoms with Gasteiger partial charge in [-0.1, -0.05) is 0 Å². The molecule has 2 aromatic rings. The van der Waals surface area contributed by atoms with Gasteiger partial charge in [0.2, 0.25) is 0 Å². The Morgan fingerprint density at radius 2 is 1.44 bits per heavy atom. The van der Waals surface area contributed by atoms with E-state index in [1.165, 1.54) is 0 Å². The molecule has 0 N–H and O–H groups in total. The van der Waals surface area contributed by atoms with Gasteiger partial charge in [0, 0.05) is 12.1 Å². The summed E-state index contributed by atoms with van der Waals surface area (Å²) in [7, 11) is 0. The second kappa shape index (κ2) is 1.23. The van der Waals surface area contributed by atoms with Gasteiger partial charge in [0.05, 0.1) is 0 Å². The molecule has 0 aromatic carbocycles. The quantitative estimate of drug-likeness (QED) is 0.529. The molecule has 2 aromatic heterocycles. The van der Waals surface area contributed by atoms with Gasteiger partial charge in [-0.3, -0.25) is 0 Å². The third kappa shape index (κ3) is 0.460. The molecule has 2 bridgehead atoms. The smallest absolute Gasteiger partial charge is 0.169 e. The zero-order chi connectivity index (χ0) is 6.43. The van der Waals surface area contributed by atoms with E-state index in [0.717, 1.165) is 12.1 Å². The largest absolute Gasteiger partial charge is 0.451 e. The van der Waals surface area contributed by atoms with Crippen molar-refractivity contribution in [2.24, 2.45) is 0 Å². The fraction of sp³-hybridized carbons (Fsp3) is 0. The predicted molar refractivity (Wildman–Crippen MR) is 27.3 cm³/mol. The molecule has 0 radical (unpaired) electrons. The van der Waals surface area contributed by atoms with Crippen LogP contribution in [0.25, 0.3) is 11.2 Å². The highest BCUT2D eigenvalue weighted by atomic mass is 19.1. The minimum atomic E-state index is -0.494. The maximum atomic E-state index is 12.3. The molecule has 1 nitrogen and oxygen atoms in total. The molecule has 0 fully saturated rings. The van der Waals surface area contributed by atoms with Gasteiger partial charge in [-0.15, -0.1) is 0 Å². The highest BCUT2D eigenvalue weighted by Crippen LogP contribution is 2.23. The topological polar surface area (TPSA) is 13.1 Å². The number of fused-ring (bicyclic) bond motifs is 2. The van der Waals surface area contributed by atoms with Gasteiger partial charge in [0.25, 0.3) is 0 Å². The molecule has 0 saturated carbocycles. The van der Waals surface area contributed by atoms with Crippen molar-refractivity contribution in [1.82, 2.24) is 0 Å². The molecule has 0 unspecified atom stereocenters. The van der Waals surface area contributed by atoms with Crippen LogP contribution in [-0.2, 0) is 0 Å². The Bertz CT molecular complexity index is 294. The summed E-state index contributed by atoms with van der Waals surface area (Å²) in [6.07, 6.45) is 0. The normalized spacial score (nSPS) is 11.3. The summed E-state index contributed by atoms with van der Waals surface area (Å²) in [6.45, 7) is 0. The minimum Gasteiger partial charge on any atom is -0.451 e. The van der Waals surface area contributed by atoms with E-state index in [1.54, 1.807) is 0 Å². The molecule has 9 heavy (non-hydrogen) atoms. The van der Waals surface area contributed by atoms with Gasteiger partial charge in [-0.05, 0) is 0 Å². The minimum absolute atomic E-state index is 0.0116. The van der Waals surface area contributed by atoms with E-state index in [0.29, 0.717) is 0 Å². The van der Waals surface area contributed by atoms with Gasteiger partial charge in [0.15, 0.2) is 22.8 Å². The molecule has 0 saturated heterocycles. The van der Waals surface area contributed by atoms with Crippen LogP contribution >= 0.6 is 0 Å². The number of hydrogen-bond acceptors (Lipinski definition) is 1. The second-order valence-electron chi connectivity index (χ2n) is 1.82. The molecule has 2 heterocycles. The number of benzene rings is 1. The zero-order valence-corrected chi connectivity index (χ0v) is 4.32. The standard InChI is InChI=1S/C6H2F2O/c7-3-1-5-4(8)2-6(3)9-5/h1-2H. The Morgan fingerprint density at radius 1 is 1.00 bits per heavy atom. The zero-order valence-electron chi connectivity index (χ0n) is 4.32. The summed E-state index contributed by atoms with van der Waals surface area (Å²) in [6, 6.07) is 2.06. The lowest BCUT2D eigenvalue weighted by Gasteiger charge is -1.76. The van der Waals surface area contributed by atoms with Gasteiger partial charge in [0.1, 0.15) is 0 Å². The molecule has 0 spiro atoms. The van der Waals surface area contributed by atoms with E-state index in [9.17, 15) is 8.78 Å². The molecule has 0 aliphatic carbocycles. The summed E-state index contributed by atoms with van der Waals surface area (Å²) in [5.41, 5.74) is -0.0231. The Labute approximate surface area is 49.2 Å². The molecule has 0 atom stereocenters.